The first-order valence-corrected chi connectivity index (χ1v) is 13.5. The lowest BCUT2D eigenvalue weighted by molar-refractivity contribution is -0.124. The average Bonchev–Trinajstić information content (AvgIpc) is 3.39. The zero-order valence-electron chi connectivity index (χ0n) is 19.8. The van der Waals surface area contributed by atoms with E-state index in [1.165, 1.54) is 18.4 Å². The number of carbonyl (C=O) groups excluding carboxylic acids is 2. The summed E-state index contributed by atoms with van der Waals surface area (Å²) < 4.78 is 5.11. The lowest BCUT2D eigenvalue weighted by atomic mass is 9.67. The summed E-state index contributed by atoms with van der Waals surface area (Å²) in [6.07, 6.45) is 5.38. The van der Waals surface area contributed by atoms with Crippen molar-refractivity contribution >= 4 is 62.4 Å². The van der Waals surface area contributed by atoms with Gasteiger partial charge in [-0.05, 0) is 61.6 Å². The molecule has 1 saturated carbocycles. The van der Waals surface area contributed by atoms with Gasteiger partial charge in [-0.3, -0.25) is 4.79 Å². The standard InChI is InChI=1S/C26H25Cl2N3O3S/c1-25(2)13-8-9-26(25,21-20(13)29-16-10-14(27)15(28)11-17(16)30-21)24(33)31-22-19(23(32)34-3)12-6-4-5-7-18(12)35-22/h10-11,13H,4-9H2,1-3H3,(H,31,33). The molecule has 182 valence electrons. The van der Waals surface area contributed by atoms with E-state index in [-0.39, 0.29) is 11.8 Å². The van der Waals surface area contributed by atoms with Crippen LogP contribution in [0.15, 0.2) is 12.1 Å². The normalized spacial score (nSPS) is 23.7. The second kappa shape index (κ2) is 7.89. The van der Waals surface area contributed by atoms with Gasteiger partial charge in [-0.1, -0.05) is 37.0 Å². The molecule has 9 heteroatoms. The largest absolute Gasteiger partial charge is 0.465 e. The molecule has 1 amide bonds. The summed E-state index contributed by atoms with van der Waals surface area (Å²) in [4.78, 5) is 38.0. The van der Waals surface area contributed by atoms with Gasteiger partial charge in [-0.25, -0.2) is 14.8 Å². The maximum Gasteiger partial charge on any atom is 0.341 e. The summed E-state index contributed by atoms with van der Waals surface area (Å²) in [5.74, 6) is -0.433. The Bertz CT molecular complexity index is 1430. The molecule has 2 heterocycles. The lowest BCUT2D eigenvalue weighted by Crippen LogP contribution is -2.46. The Labute approximate surface area is 217 Å². The highest BCUT2D eigenvalue weighted by atomic mass is 35.5. The Morgan fingerprint density at radius 2 is 1.80 bits per heavy atom. The molecular formula is C26H25Cl2N3O3S. The number of aryl methyl sites for hydroxylation is 1. The molecule has 0 saturated heterocycles. The van der Waals surface area contributed by atoms with Crippen LogP contribution in [0.3, 0.4) is 0 Å². The minimum Gasteiger partial charge on any atom is -0.465 e. The molecule has 3 aliphatic carbocycles. The van der Waals surface area contributed by atoms with Crippen molar-refractivity contribution < 1.29 is 14.3 Å². The third kappa shape index (κ3) is 3.07. The van der Waals surface area contributed by atoms with E-state index in [9.17, 15) is 9.59 Å². The summed E-state index contributed by atoms with van der Waals surface area (Å²) >= 11 is 14.0. The van der Waals surface area contributed by atoms with Crippen molar-refractivity contribution in [1.29, 1.82) is 0 Å². The van der Waals surface area contributed by atoms with Crippen LogP contribution in [0.2, 0.25) is 10.0 Å². The predicted octanol–water partition coefficient (Wildman–Crippen LogP) is 6.46. The van der Waals surface area contributed by atoms with Gasteiger partial charge in [0, 0.05) is 10.8 Å². The molecular weight excluding hydrogens is 505 g/mol. The number of hydrogen-bond acceptors (Lipinski definition) is 6. The van der Waals surface area contributed by atoms with E-state index >= 15 is 0 Å². The number of thiophene rings is 1. The number of ether oxygens (including phenoxy) is 1. The summed E-state index contributed by atoms with van der Waals surface area (Å²) in [5, 5.41) is 4.59. The van der Waals surface area contributed by atoms with Gasteiger partial charge in [0.1, 0.15) is 5.00 Å². The van der Waals surface area contributed by atoms with Crippen molar-refractivity contribution in [1.82, 2.24) is 9.97 Å². The van der Waals surface area contributed by atoms with Crippen molar-refractivity contribution in [3.8, 4) is 0 Å². The second-order valence-corrected chi connectivity index (χ2v) is 12.2. The SMILES string of the molecule is COC(=O)c1c(NC(=O)C23CCC(c4nc5cc(Cl)c(Cl)cc5nc42)C3(C)C)sc2c1CCCC2. The average molecular weight is 530 g/mol. The maximum atomic E-state index is 14.2. The number of methoxy groups -OCH3 is 1. The fraction of sp³-hybridized carbons (Fsp3) is 0.462. The molecule has 0 aliphatic heterocycles. The number of halogens is 2. The van der Waals surface area contributed by atoms with Crippen LogP contribution < -0.4 is 5.32 Å². The summed E-state index contributed by atoms with van der Waals surface area (Å²) in [5.41, 5.74) is 3.14. The molecule has 1 N–H and O–H groups in total. The first kappa shape index (κ1) is 23.2. The van der Waals surface area contributed by atoms with Crippen LogP contribution in [0.1, 0.15) is 77.6 Å². The summed E-state index contributed by atoms with van der Waals surface area (Å²) in [7, 11) is 1.38. The Hall–Kier alpha value is -2.22. The Morgan fingerprint density at radius 1 is 1.11 bits per heavy atom. The first-order chi connectivity index (χ1) is 16.7. The summed E-state index contributed by atoms with van der Waals surface area (Å²) in [6, 6.07) is 3.44. The lowest BCUT2D eigenvalue weighted by Gasteiger charge is -2.36. The smallest absolute Gasteiger partial charge is 0.341 e. The quantitative estimate of drug-likeness (QED) is 0.394. The van der Waals surface area contributed by atoms with Gasteiger partial charge in [0.15, 0.2) is 0 Å². The number of esters is 1. The van der Waals surface area contributed by atoms with Gasteiger partial charge in [-0.2, -0.15) is 0 Å². The van der Waals surface area contributed by atoms with E-state index in [0.29, 0.717) is 43.8 Å². The molecule has 3 aromatic rings. The molecule has 1 fully saturated rings. The number of rotatable bonds is 3. The molecule has 0 radical (unpaired) electrons. The van der Waals surface area contributed by atoms with Crippen LogP contribution in [-0.2, 0) is 27.8 Å². The fourth-order valence-electron chi connectivity index (χ4n) is 6.56. The highest BCUT2D eigenvalue weighted by Crippen LogP contribution is 2.67. The van der Waals surface area contributed by atoms with E-state index in [0.717, 1.165) is 48.2 Å². The van der Waals surface area contributed by atoms with E-state index in [4.69, 9.17) is 37.9 Å². The predicted molar refractivity (Wildman–Crippen MR) is 138 cm³/mol. The molecule has 35 heavy (non-hydrogen) atoms. The minimum atomic E-state index is -0.863. The van der Waals surface area contributed by atoms with Crippen LogP contribution in [0, 0.1) is 5.41 Å². The van der Waals surface area contributed by atoms with E-state index in [1.807, 2.05) is 0 Å². The summed E-state index contributed by atoms with van der Waals surface area (Å²) in [6.45, 7) is 4.25. The van der Waals surface area contributed by atoms with Gasteiger partial charge < -0.3 is 10.1 Å². The van der Waals surface area contributed by atoms with Crippen LogP contribution >= 0.6 is 34.5 Å². The number of carbonyl (C=O) groups is 2. The number of nitrogens with one attached hydrogen (secondary N) is 1. The molecule has 3 aliphatic rings. The molecule has 2 unspecified atom stereocenters. The number of anilines is 1. The number of fused-ring (bicyclic) bond motifs is 7. The van der Waals surface area contributed by atoms with Crippen molar-refractivity contribution in [2.45, 2.75) is 63.7 Å². The fourth-order valence-corrected chi connectivity index (χ4v) is 8.15. The second-order valence-electron chi connectivity index (χ2n) is 10.3. The number of aromatic nitrogens is 2. The van der Waals surface area contributed by atoms with Gasteiger partial charge in [0.25, 0.3) is 0 Å². The van der Waals surface area contributed by atoms with Crippen LogP contribution in [0.4, 0.5) is 5.00 Å². The van der Waals surface area contributed by atoms with Gasteiger partial charge >= 0.3 is 5.97 Å². The van der Waals surface area contributed by atoms with E-state index in [2.05, 4.69) is 19.2 Å². The van der Waals surface area contributed by atoms with Crippen LogP contribution in [-0.4, -0.2) is 29.0 Å². The zero-order valence-corrected chi connectivity index (χ0v) is 22.1. The molecule has 2 bridgehead atoms. The number of benzene rings is 1. The molecule has 1 aromatic carbocycles. The molecule has 2 aromatic heterocycles. The maximum absolute atomic E-state index is 14.2. The van der Waals surface area contributed by atoms with Crippen molar-refractivity contribution in [3.63, 3.8) is 0 Å². The highest BCUT2D eigenvalue weighted by molar-refractivity contribution is 7.17. The Balaban J connectivity index is 1.48. The third-order valence-corrected chi connectivity index (χ3v) is 10.4. The molecule has 6 nitrogen and oxygen atoms in total. The first-order valence-electron chi connectivity index (χ1n) is 11.9. The van der Waals surface area contributed by atoms with Crippen molar-refractivity contribution in [3.05, 3.63) is 49.6 Å². The monoisotopic (exact) mass is 529 g/mol. The van der Waals surface area contributed by atoms with E-state index < -0.39 is 16.8 Å². The Morgan fingerprint density at radius 3 is 2.51 bits per heavy atom. The topological polar surface area (TPSA) is 81.2 Å². The third-order valence-electron chi connectivity index (χ3n) is 8.42. The zero-order chi connectivity index (χ0) is 24.7. The number of hydrogen-bond donors (Lipinski definition) is 1. The van der Waals surface area contributed by atoms with Gasteiger partial charge in [0.2, 0.25) is 5.91 Å². The van der Waals surface area contributed by atoms with Crippen LogP contribution in [0.5, 0.6) is 0 Å². The Kier molecular flexibility index (Phi) is 5.23. The van der Waals surface area contributed by atoms with Gasteiger partial charge in [-0.15, -0.1) is 11.3 Å². The van der Waals surface area contributed by atoms with Crippen molar-refractivity contribution in [2.24, 2.45) is 5.41 Å². The van der Waals surface area contributed by atoms with Crippen molar-refractivity contribution in [2.75, 3.05) is 12.4 Å². The molecule has 2 atom stereocenters. The van der Waals surface area contributed by atoms with E-state index in [1.54, 1.807) is 12.1 Å². The molecule has 0 spiro atoms. The number of amides is 1. The highest BCUT2D eigenvalue weighted by Gasteiger charge is 2.68. The minimum absolute atomic E-state index is 0.103. The van der Waals surface area contributed by atoms with Gasteiger partial charge in [0.05, 0.1) is 50.6 Å². The van der Waals surface area contributed by atoms with Crippen LogP contribution in [0.25, 0.3) is 11.0 Å². The number of nitrogens with zero attached hydrogens (tertiary/aromatic N) is 2. The molecule has 6 rings (SSSR count).